The summed E-state index contributed by atoms with van der Waals surface area (Å²) in [4.78, 5) is 18.7. The summed E-state index contributed by atoms with van der Waals surface area (Å²) in [6.07, 6.45) is 3.36. The van der Waals surface area contributed by atoms with Gasteiger partial charge in [-0.15, -0.1) is 0 Å². The van der Waals surface area contributed by atoms with Crippen molar-refractivity contribution in [2.75, 3.05) is 4.90 Å². The molecule has 0 bridgehead atoms. The van der Waals surface area contributed by atoms with Crippen molar-refractivity contribution in [3.63, 3.8) is 0 Å². The maximum Gasteiger partial charge on any atom is 0.259 e. The SMILES string of the molecule is CC1(C)c2cc(C#N)ccc2C(=O)N1c1cncc(CN)c1. The van der Waals surface area contributed by atoms with E-state index in [-0.39, 0.29) is 5.91 Å². The van der Waals surface area contributed by atoms with E-state index >= 15 is 0 Å². The van der Waals surface area contributed by atoms with Crippen molar-refractivity contribution in [3.05, 3.63) is 58.9 Å². The molecule has 2 aromatic rings. The topological polar surface area (TPSA) is 83.0 Å². The number of carbonyl (C=O) groups is 1. The molecule has 0 unspecified atom stereocenters. The highest BCUT2D eigenvalue weighted by atomic mass is 16.2. The van der Waals surface area contributed by atoms with Gasteiger partial charge in [0.25, 0.3) is 5.91 Å². The summed E-state index contributed by atoms with van der Waals surface area (Å²) in [6.45, 7) is 4.30. The van der Waals surface area contributed by atoms with Crippen LogP contribution in [-0.4, -0.2) is 10.9 Å². The Kier molecular flexibility index (Phi) is 3.19. The van der Waals surface area contributed by atoms with Crippen LogP contribution in [0, 0.1) is 11.3 Å². The van der Waals surface area contributed by atoms with Crippen LogP contribution in [0.2, 0.25) is 0 Å². The van der Waals surface area contributed by atoms with Crippen molar-refractivity contribution < 1.29 is 4.79 Å². The van der Waals surface area contributed by atoms with Gasteiger partial charge in [-0.3, -0.25) is 14.7 Å². The quantitative estimate of drug-likeness (QED) is 0.920. The van der Waals surface area contributed by atoms with Crippen LogP contribution >= 0.6 is 0 Å². The van der Waals surface area contributed by atoms with E-state index in [1.54, 1.807) is 35.5 Å². The van der Waals surface area contributed by atoms with Gasteiger partial charge >= 0.3 is 0 Å². The number of hydrogen-bond donors (Lipinski definition) is 1. The number of nitriles is 1. The van der Waals surface area contributed by atoms with Crippen LogP contribution in [0.4, 0.5) is 5.69 Å². The molecule has 0 fully saturated rings. The Morgan fingerprint density at radius 1 is 1.32 bits per heavy atom. The second-order valence-electron chi connectivity index (χ2n) is 5.83. The molecule has 1 aliphatic rings. The number of benzene rings is 1. The van der Waals surface area contributed by atoms with Crippen LogP contribution in [0.3, 0.4) is 0 Å². The first-order valence-corrected chi connectivity index (χ1v) is 7.02. The Labute approximate surface area is 129 Å². The zero-order valence-corrected chi connectivity index (χ0v) is 12.5. The van der Waals surface area contributed by atoms with E-state index in [4.69, 9.17) is 11.0 Å². The normalized spacial score (nSPS) is 15.5. The molecular formula is C17H16N4O. The van der Waals surface area contributed by atoms with Crippen LogP contribution in [0.1, 0.15) is 40.9 Å². The lowest BCUT2D eigenvalue weighted by molar-refractivity contribution is 0.0982. The van der Waals surface area contributed by atoms with Gasteiger partial charge in [-0.05, 0) is 49.2 Å². The molecule has 5 nitrogen and oxygen atoms in total. The Hall–Kier alpha value is -2.71. The van der Waals surface area contributed by atoms with E-state index in [1.807, 2.05) is 19.9 Å². The fourth-order valence-electron chi connectivity index (χ4n) is 2.95. The van der Waals surface area contributed by atoms with Gasteiger partial charge in [0.1, 0.15) is 0 Å². The number of carbonyl (C=O) groups excluding carboxylic acids is 1. The number of nitrogens with two attached hydrogens (primary N) is 1. The summed E-state index contributed by atoms with van der Waals surface area (Å²) in [5.41, 5.74) is 8.73. The predicted octanol–water partition coefficient (Wildman–Crippen LogP) is 2.31. The monoisotopic (exact) mass is 292 g/mol. The first kappa shape index (κ1) is 14.2. The van der Waals surface area contributed by atoms with Crippen LogP contribution in [-0.2, 0) is 12.1 Å². The molecule has 1 aromatic carbocycles. The lowest BCUT2D eigenvalue weighted by Gasteiger charge is -2.32. The minimum absolute atomic E-state index is 0.0829. The predicted molar refractivity (Wildman–Crippen MR) is 83.1 cm³/mol. The third-order valence-corrected chi connectivity index (χ3v) is 4.07. The average Bonchev–Trinajstić information content (AvgIpc) is 2.73. The van der Waals surface area contributed by atoms with Crippen LogP contribution in [0.25, 0.3) is 0 Å². The van der Waals surface area contributed by atoms with Gasteiger partial charge in [-0.1, -0.05) is 0 Å². The maximum atomic E-state index is 12.8. The second kappa shape index (κ2) is 4.93. The highest BCUT2D eigenvalue weighted by Crippen LogP contribution is 2.42. The van der Waals surface area contributed by atoms with Crippen molar-refractivity contribution in [3.8, 4) is 6.07 Å². The Balaban J connectivity index is 2.15. The number of pyridine rings is 1. The summed E-state index contributed by atoms with van der Waals surface area (Å²) in [6, 6.07) is 9.18. The molecule has 5 heteroatoms. The zero-order valence-electron chi connectivity index (χ0n) is 12.5. The molecule has 0 saturated heterocycles. The number of aromatic nitrogens is 1. The molecule has 1 aromatic heterocycles. The zero-order chi connectivity index (χ0) is 15.9. The molecule has 1 amide bonds. The van der Waals surface area contributed by atoms with Crippen molar-refractivity contribution in [1.82, 2.24) is 4.98 Å². The largest absolute Gasteiger partial charge is 0.326 e. The molecule has 22 heavy (non-hydrogen) atoms. The van der Waals surface area contributed by atoms with Gasteiger partial charge in [-0.2, -0.15) is 5.26 Å². The highest BCUT2D eigenvalue weighted by molar-refractivity contribution is 6.12. The van der Waals surface area contributed by atoms with Gasteiger partial charge in [0, 0.05) is 18.3 Å². The number of fused-ring (bicyclic) bond motifs is 1. The summed E-state index contributed by atoms with van der Waals surface area (Å²) >= 11 is 0. The van der Waals surface area contributed by atoms with Crippen molar-refractivity contribution in [2.24, 2.45) is 5.73 Å². The number of anilines is 1. The van der Waals surface area contributed by atoms with Crippen molar-refractivity contribution in [1.29, 1.82) is 5.26 Å². The minimum atomic E-state index is -0.547. The van der Waals surface area contributed by atoms with Crippen LogP contribution in [0.5, 0.6) is 0 Å². The molecule has 110 valence electrons. The fraction of sp³-hybridized carbons (Fsp3) is 0.235. The minimum Gasteiger partial charge on any atom is -0.326 e. The van der Waals surface area contributed by atoms with Crippen molar-refractivity contribution >= 4 is 11.6 Å². The summed E-state index contributed by atoms with van der Waals surface area (Å²) in [5.74, 6) is -0.0829. The number of nitrogens with zero attached hydrogens (tertiary/aromatic N) is 3. The highest BCUT2D eigenvalue weighted by Gasteiger charge is 2.44. The average molecular weight is 292 g/mol. The van der Waals surface area contributed by atoms with E-state index in [2.05, 4.69) is 11.1 Å². The Morgan fingerprint density at radius 2 is 2.09 bits per heavy atom. The molecule has 0 atom stereocenters. The maximum absolute atomic E-state index is 12.8. The first-order chi connectivity index (χ1) is 10.5. The molecule has 0 aliphatic carbocycles. The number of hydrogen-bond acceptors (Lipinski definition) is 4. The van der Waals surface area contributed by atoms with E-state index in [9.17, 15) is 4.79 Å². The number of rotatable bonds is 2. The van der Waals surface area contributed by atoms with Crippen LogP contribution in [0.15, 0.2) is 36.7 Å². The first-order valence-electron chi connectivity index (χ1n) is 7.02. The molecular weight excluding hydrogens is 276 g/mol. The van der Waals surface area contributed by atoms with E-state index in [0.29, 0.717) is 23.4 Å². The molecule has 3 rings (SSSR count). The lowest BCUT2D eigenvalue weighted by atomic mass is 9.92. The van der Waals surface area contributed by atoms with Gasteiger partial charge < -0.3 is 5.73 Å². The molecule has 0 spiro atoms. The van der Waals surface area contributed by atoms with Gasteiger partial charge in [0.2, 0.25) is 0 Å². The molecule has 2 heterocycles. The van der Waals surface area contributed by atoms with Crippen molar-refractivity contribution in [2.45, 2.75) is 25.9 Å². The van der Waals surface area contributed by atoms with Gasteiger partial charge in [0.05, 0.1) is 29.1 Å². The van der Waals surface area contributed by atoms with Gasteiger partial charge in [-0.25, -0.2) is 0 Å². The summed E-state index contributed by atoms with van der Waals surface area (Å²) < 4.78 is 0. The Bertz CT molecular complexity index is 805. The smallest absolute Gasteiger partial charge is 0.259 e. The Morgan fingerprint density at radius 3 is 2.77 bits per heavy atom. The third-order valence-electron chi connectivity index (χ3n) is 4.07. The van der Waals surface area contributed by atoms with Crippen LogP contribution < -0.4 is 10.6 Å². The molecule has 2 N–H and O–H groups in total. The molecule has 0 radical (unpaired) electrons. The molecule has 0 saturated carbocycles. The summed E-state index contributed by atoms with van der Waals surface area (Å²) in [7, 11) is 0. The third kappa shape index (κ3) is 1.97. The van der Waals surface area contributed by atoms with E-state index < -0.39 is 5.54 Å². The number of amides is 1. The lowest BCUT2D eigenvalue weighted by Crippen LogP contribution is -2.39. The molecule has 1 aliphatic heterocycles. The van der Waals surface area contributed by atoms with E-state index in [0.717, 1.165) is 11.1 Å². The van der Waals surface area contributed by atoms with Gasteiger partial charge in [0.15, 0.2) is 0 Å². The fourth-order valence-corrected chi connectivity index (χ4v) is 2.95. The van der Waals surface area contributed by atoms with E-state index in [1.165, 1.54) is 0 Å². The summed E-state index contributed by atoms with van der Waals surface area (Å²) in [5, 5.41) is 9.08. The standard InChI is InChI=1S/C17H16N4O/c1-17(2)15-6-11(7-18)3-4-14(15)16(22)21(17)13-5-12(8-19)9-20-10-13/h3-6,9-10H,8,19H2,1-2H3. The second-order valence-corrected chi connectivity index (χ2v) is 5.83.